The van der Waals surface area contributed by atoms with Crippen LogP contribution in [0.3, 0.4) is 0 Å². The van der Waals surface area contributed by atoms with Crippen LogP contribution in [0.1, 0.15) is 26.3 Å². The number of carbonyl (C=O) groups excluding carboxylic acids is 4. The highest BCUT2D eigenvalue weighted by Crippen LogP contribution is 2.31. The molecule has 0 fully saturated rings. The summed E-state index contributed by atoms with van der Waals surface area (Å²) >= 11 is 0. The van der Waals surface area contributed by atoms with E-state index in [4.69, 9.17) is 23.7 Å². The molecular formula is C41H32O10. The monoisotopic (exact) mass is 684 g/mol. The van der Waals surface area contributed by atoms with E-state index < -0.39 is 17.9 Å². The first-order valence-electron chi connectivity index (χ1n) is 15.6. The second-order valence-electron chi connectivity index (χ2n) is 10.8. The Balaban J connectivity index is 1.17. The molecule has 0 saturated carbocycles. The van der Waals surface area contributed by atoms with Crippen LogP contribution in [0.25, 0.3) is 22.3 Å². The van der Waals surface area contributed by atoms with Crippen molar-refractivity contribution in [3.63, 3.8) is 0 Å². The number of ether oxygens (including phenoxy) is 5. The lowest BCUT2D eigenvalue weighted by Crippen LogP contribution is -2.09. The Morgan fingerprint density at radius 2 is 1.06 bits per heavy atom. The van der Waals surface area contributed by atoms with Gasteiger partial charge in [0.2, 0.25) is 6.79 Å². The summed E-state index contributed by atoms with van der Waals surface area (Å²) < 4.78 is 26.4. The Morgan fingerprint density at radius 3 is 1.57 bits per heavy atom. The van der Waals surface area contributed by atoms with Crippen molar-refractivity contribution >= 4 is 23.7 Å². The van der Waals surface area contributed by atoms with Gasteiger partial charge in [0.15, 0.2) is 12.4 Å². The van der Waals surface area contributed by atoms with Gasteiger partial charge in [0.05, 0.1) is 17.7 Å². The highest BCUT2D eigenvalue weighted by molar-refractivity contribution is 5.92. The number of benzene rings is 5. The van der Waals surface area contributed by atoms with Crippen LogP contribution in [0.2, 0.25) is 0 Å². The third-order valence-corrected chi connectivity index (χ3v) is 7.43. The van der Waals surface area contributed by atoms with Crippen LogP contribution in [0.4, 0.5) is 0 Å². The van der Waals surface area contributed by atoms with Crippen molar-refractivity contribution in [3.8, 4) is 45.3 Å². The lowest BCUT2D eigenvalue weighted by atomic mass is 9.95. The molecule has 10 nitrogen and oxygen atoms in total. The molecule has 51 heavy (non-hydrogen) atoms. The van der Waals surface area contributed by atoms with Gasteiger partial charge in [-0.05, 0) is 113 Å². The SMILES string of the molecule is C=CC(=O)COc1ccc(C(=O)Oc2ccc(-c3ccc(-c4ccc(OC(=O)c5ccc(OCOC(=O)C=C)cc5)cc4)cc3CO)cc2)cc1. The van der Waals surface area contributed by atoms with Gasteiger partial charge in [0, 0.05) is 6.08 Å². The Morgan fingerprint density at radius 1 is 0.569 bits per heavy atom. The molecular weight excluding hydrogens is 652 g/mol. The van der Waals surface area contributed by atoms with Crippen molar-refractivity contribution in [2.45, 2.75) is 6.61 Å². The number of ketones is 1. The van der Waals surface area contributed by atoms with Gasteiger partial charge >= 0.3 is 17.9 Å². The van der Waals surface area contributed by atoms with Crippen LogP contribution in [-0.2, 0) is 20.9 Å². The maximum absolute atomic E-state index is 12.7. The maximum atomic E-state index is 12.7. The van der Waals surface area contributed by atoms with E-state index in [0.717, 1.165) is 28.3 Å². The first kappa shape index (κ1) is 35.5. The van der Waals surface area contributed by atoms with Crippen molar-refractivity contribution < 1.29 is 48.0 Å². The lowest BCUT2D eigenvalue weighted by Gasteiger charge is -2.12. The Bertz CT molecular complexity index is 2030. The number of aliphatic hydroxyl groups excluding tert-OH is 1. The molecule has 0 bridgehead atoms. The summed E-state index contributed by atoms with van der Waals surface area (Å²) in [6.45, 7) is 6.08. The molecule has 5 aromatic rings. The highest BCUT2D eigenvalue weighted by Gasteiger charge is 2.13. The average Bonchev–Trinajstić information content (AvgIpc) is 3.17. The van der Waals surface area contributed by atoms with Crippen LogP contribution in [0, 0.1) is 0 Å². The molecule has 0 aliphatic heterocycles. The van der Waals surface area contributed by atoms with Crippen LogP contribution >= 0.6 is 0 Å². The minimum atomic E-state index is -0.606. The third-order valence-electron chi connectivity index (χ3n) is 7.43. The van der Waals surface area contributed by atoms with Gasteiger partial charge in [-0.3, -0.25) is 4.79 Å². The normalized spacial score (nSPS) is 10.4. The van der Waals surface area contributed by atoms with Gasteiger partial charge in [-0.1, -0.05) is 49.6 Å². The number of rotatable bonds is 15. The van der Waals surface area contributed by atoms with Gasteiger partial charge in [0.25, 0.3) is 0 Å². The lowest BCUT2D eigenvalue weighted by molar-refractivity contribution is -0.144. The van der Waals surface area contributed by atoms with Crippen molar-refractivity contribution in [3.05, 3.63) is 157 Å². The van der Waals surface area contributed by atoms with Crippen LogP contribution in [0.5, 0.6) is 23.0 Å². The number of esters is 3. The van der Waals surface area contributed by atoms with Gasteiger partial charge in [-0.15, -0.1) is 0 Å². The molecule has 0 spiro atoms. The standard InChI is InChI=1S/C41H32O10/c1-3-33(43)25-47-34-14-9-29(10-15-34)40(45)51-37-20-7-28(8-21-37)38-22-13-31(23-32(38)24-42)27-5-18-36(19-6-27)50-41(46)30-11-16-35(17-12-30)48-26-49-39(44)4-2/h3-23,42H,1-2,24-26H2. The van der Waals surface area contributed by atoms with E-state index in [1.54, 1.807) is 72.8 Å². The largest absolute Gasteiger partial charge is 0.485 e. The van der Waals surface area contributed by atoms with Crippen molar-refractivity contribution in [1.29, 1.82) is 0 Å². The van der Waals surface area contributed by atoms with Gasteiger partial charge in [-0.2, -0.15) is 0 Å². The van der Waals surface area contributed by atoms with Gasteiger partial charge < -0.3 is 28.8 Å². The molecule has 5 aromatic carbocycles. The van der Waals surface area contributed by atoms with Crippen molar-refractivity contribution in [1.82, 2.24) is 0 Å². The first-order chi connectivity index (χ1) is 24.8. The Kier molecular flexibility index (Phi) is 11.9. The molecule has 0 radical (unpaired) electrons. The van der Waals surface area contributed by atoms with Crippen LogP contribution < -0.4 is 18.9 Å². The smallest absolute Gasteiger partial charge is 0.343 e. The maximum Gasteiger partial charge on any atom is 0.343 e. The van der Waals surface area contributed by atoms with E-state index in [1.165, 1.54) is 18.2 Å². The Labute approximate surface area is 293 Å². The summed E-state index contributed by atoms with van der Waals surface area (Å²) in [7, 11) is 0. The molecule has 10 heteroatoms. The zero-order valence-corrected chi connectivity index (χ0v) is 27.3. The zero-order valence-electron chi connectivity index (χ0n) is 27.3. The summed E-state index contributed by atoms with van der Waals surface area (Å²) in [6.07, 6.45) is 2.21. The predicted molar refractivity (Wildman–Crippen MR) is 189 cm³/mol. The fourth-order valence-electron chi connectivity index (χ4n) is 4.74. The van der Waals surface area contributed by atoms with Crippen LogP contribution in [-0.4, -0.2) is 42.2 Å². The molecule has 0 amide bonds. The fraction of sp³-hybridized carbons (Fsp3) is 0.0732. The summed E-state index contributed by atoms with van der Waals surface area (Å²) in [5.41, 5.74) is 4.64. The number of aliphatic hydroxyl groups is 1. The van der Waals surface area contributed by atoms with E-state index in [1.807, 2.05) is 30.3 Å². The molecule has 0 atom stereocenters. The number of hydrogen-bond donors (Lipinski definition) is 1. The second-order valence-corrected chi connectivity index (χ2v) is 10.8. The summed E-state index contributed by atoms with van der Waals surface area (Å²) in [6, 6.07) is 32.1. The second kappa shape index (κ2) is 17.0. The average molecular weight is 685 g/mol. The van der Waals surface area contributed by atoms with Crippen molar-refractivity contribution in [2.24, 2.45) is 0 Å². The molecule has 0 saturated heterocycles. The van der Waals surface area contributed by atoms with E-state index in [0.29, 0.717) is 39.7 Å². The summed E-state index contributed by atoms with van der Waals surface area (Å²) in [5, 5.41) is 10.2. The molecule has 0 heterocycles. The Hall–Kier alpha value is -6.78. The molecule has 0 aromatic heterocycles. The van der Waals surface area contributed by atoms with E-state index >= 15 is 0 Å². The van der Waals surface area contributed by atoms with E-state index in [-0.39, 0.29) is 25.8 Å². The van der Waals surface area contributed by atoms with Gasteiger partial charge in [0.1, 0.15) is 23.0 Å². The zero-order chi connectivity index (χ0) is 36.2. The predicted octanol–water partition coefficient (Wildman–Crippen LogP) is 7.15. The van der Waals surface area contributed by atoms with E-state index in [2.05, 4.69) is 13.2 Å². The molecule has 5 rings (SSSR count). The topological polar surface area (TPSA) is 135 Å². The minimum Gasteiger partial charge on any atom is -0.485 e. The fourth-order valence-corrected chi connectivity index (χ4v) is 4.74. The summed E-state index contributed by atoms with van der Waals surface area (Å²) in [5.74, 6) is -0.423. The first-order valence-corrected chi connectivity index (χ1v) is 15.6. The molecule has 256 valence electrons. The quantitative estimate of drug-likeness (QED) is 0.0524. The van der Waals surface area contributed by atoms with E-state index in [9.17, 15) is 24.3 Å². The minimum absolute atomic E-state index is 0.136. The molecule has 1 N–H and O–H groups in total. The highest BCUT2D eigenvalue weighted by atomic mass is 16.7. The third kappa shape index (κ3) is 9.65. The van der Waals surface area contributed by atoms with Gasteiger partial charge in [-0.25, -0.2) is 14.4 Å². The van der Waals surface area contributed by atoms with Crippen LogP contribution in [0.15, 0.2) is 141 Å². The molecule has 0 aliphatic carbocycles. The number of hydrogen-bond acceptors (Lipinski definition) is 10. The van der Waals surface area contributed by atoms with Crippen molar-refractivity contribution in [2.75, 3.05) is 13.4 Å². The summed E-state index contributed by atoms with van der Waals surface area (Å²) in [4.78, 5) is 47.8. The molecule has 0 aliphatic rings. The number of carbonyl (C=O) groups is 4. The molecule has 0 unspecified atom stereocenters.